The van der Waals surface area contributed by atoms with Crippen molar-refractivity contribution in [1.29, 1.82) is 0 Å². The molecule has 0 spiro atoms. The lowest BCUT2D eigenvalue weighted by atomic mass is 10.2. The van der Waals surface area contributed by atoms with E-state index in [1.807, 2.05) is 0 Å². The summed E-state index contributed by atoms with van der Waals surface area (Å²) in [5.41, 5.74) is 0. The van der Waals surface area contributed by atoms with Crippen LogP contribution in [0, 0.1) is 0 Å². The summed E-state index contributed by atoms with van der Waals surface area (Å²) in [6, 6.07) is 4.41. The van der Waals surface area contributed by atoms with Crippen LogP contribution in [0.2, 0.25) is 0 Å². The van der Waals surface area contributed by atoms with Gasteiger partial charge in [0.2, 0.25) is 15.9 Å². The van der Waals surface area contributed by atoms with Gasteiger partial charge < -0.3 is 19.5 Å². The molecule has 0 saturated carbocycles. The summed E-state index contributed by atoms with van der Waals surface area (Å²) < 4.78 is 37.3. The smallest absolute Gasteiger partial charge is 0.303 e. The van der Waals surface area contributed by atoms with Crippen LogP contribution < -0.4 is 9.47 Å². The first-order valence-corrected chi connectivity index (χ1v) is 9.95. The van der Waals surface area contributed by atoms with Gasteiger partial charge in [-0.05, 0) is 18.6 Å². The molecule has 1 aliphatic rings. The predicted octanol–water partition coefficient (Wildman–Crippen LogP) is 0.792. The maximum Gasteiger partial charge on any atom is 0.303 e. The van der Waals surface area contributed by atoms with Crippen molar-refractivity contribution in [1.82, 2.24) is 9.21 Å². The van der Waals surface area contributed by atoms with Gasteiger partial charge in [0.1, 0.15) is 0 Å². The molecule has 27 heavy (non-hydrogen) atoms. The van der Waals surface area contributed by atoms with Gasteiger partial charge in [-0.15, -0.1) is 0 Å². The van der Waals surface area contributed by atoms with Crippen LogP contribution in [-0.4, -0.2) is 75.0 Å². The fraction of sp³-hybridized carbons (Fsp3) is 0.529. The van der Waals surface area contributed by atoms with E-state index in [0.29, 0.717) is 11.5 Å². The molecule has 1 heterocycles. The number of methoxy groups -OCH3 is 2. The molecule has 1 aliphatic heterocycles. The molecular formula is C17H24N2O7S. The summed E-state index contributed by atoms with van der Waals surface area (Å²) >= 11 is 0. The molecule has 0 aromatic heterocycles. The van der Waals surface area contributed by atoms with E-state index in [1.54, 1.807) is 4.90 Å². The average Bonchev–Trinajstić information content (AvgIpc) is 2.67. The molecule has 0 radical (unpaired) electrons. The van der Waals surface area contributed by atoms with Crippen LogP contribution in [0.4, 0.5) is 0 Å². The van der Waals surface area contributed by atoms with E-state index in [0.717, 1.165) is 0 Å². The van der Waals surface area contributed by atoms with Crippen LogP contribution in [0.3, 0.4) is 0 Å². The highest BCUT2D eigenvalue weighted by Gasteiger charge is 2.30. The maximum absolute atomic E-state index is 12.8. The maximum atomic E-state index is 12.8. The van der Waals surface area contributed by atoms with Crippen molar-refractivity contribution in [2.24, 2.45) is 0 Å². The number of hydrogen-bond acceptors (Lipinski definition) is 6. The highest BCUT2D eigenvalue weighted by Crippen LogP contribution is 2.30. The van der Waals surface area contributed by atoms with Crippen LogP contribution in [-0.2, 0) is 19.6 Å². The summed E-state index contributed by atoms with van der Waals surface area (Å²) in [4.78, 5) is 24.3. The van der Waals surface area contributed by atoms with Crippen LogP contribution in [0.5, 0.6) is 11.5 Å². The van der Waals surface area contributed by atoms with Crippen molar-refractivity contribution < 1.29 is 32.6 Å². The Hall–Kier alpha value is -2.33. The van der Waals surface area contributed by atoms with Crippen molar-refractivity contribution in [3.8, 4) is 11.5 Å². The number of carbonyl (C=O) groups excluding carboxylic acids is 1. The first kappa shape index (κ1) is 21.0. The molecule has 2 rings (SSSR count). The van der Waals surface area contributed by atoms with Crippen molar-refractivity contribution in [3.05, 3.63) is 18.2 Å². The van der Waals surface area contributed by atoms with Gasteiger partial charge in [0.05, 0.1) is 19.1 Å². The highest BCUT2D eigenvalue weighted by atomic mass is 32.2. The third-order valence-corrected chi connectivity index (χ3v) is 6.26. The number of rotatable bonds is 8. The first-order chi connectivity index (χ1) is 12.8. The second-order valence-corrected chi connectivity index (χ2v) is 7.99. The predicted molar refractivity (Wildman–Crippen MR) is 96.4 cm³/mol. The average molecular weight is 400 g/mol. The summed E-state index contributed by atoms with van der Waals surface area (Å²) in [6.45, 7) is 0.916. The number of hydrogen-bond donors (Lipinski definition) is 1. The molecule has 9 nitrogen and oxygen atoms in total. The van der Waals surface area contributed by atoms with Gasteiger partial charge in [0.25, 0.3) is 0 Å². The normalized spacial score (nSPS) is 15.4. The molecule has 1 N–H and O–H groups in total. The number of ether oxygens (including phenoxy) is 2. The van der Waals surface area contributed by atoms with Crippen LogP contribution in [0.25, 0.3) is 0 Å². The minimum absolute atomic E-state index is 0.0562. The topological polar surface area (TPSA) is 113 Å². The number of benzene rings is 1. The molecular weight excluding hydrogens is 376 g/mol. The Kier molecular flexibility index (Phi) is 7.03. The molecule has 150 valence electrons. The zero-order chi connectivity index (χ0) is 20.0. The van der Waals surface area contributed by atoms with Gasteiger partial charge in [0, 0.05) is 45.1 Å². The number of carboxylic acids is 1. The second kappa shape index (κ2) is 9.05. The molecule has 1 fully saturated rings. The zero-order valence-electron chi connectivity index (χ0n) is 15.4. The van der Waals surface area contributed by atoms with Gasteiger partial charge in [-0.25, -0.2) is 8.42 Å². The SMILES string of the molecule is COc1ccc(S(=O)(=O)N2CCN(C(=O)CCCC(=O)O)CC2)cc1OC. The molecule has 0 aliphatic carbocycles. The van der Waals surface area contributed by atoms with Gasteiger partial charge in [-0.1, -0.05) is 0 Å². The number of nitrogens with zero attached hydrogens (tertiary/aromatic N) is 2. The molecule has 0 bridgehead atoms. The molecule has 1 aromatic carbocycles. The summed E-state index contributed by atoms with van der Waals surface area (Å²) in [5, 5.41) is 8.62. The number of amides is 1. The molecule has 1 aromatic rings. The van der Waals surface area contributed by atoms with Crippen molar-refractivity contribution in [2.75, 3.05) is 40.4 Å². The van der Waals surface area contributed by atoms with Crippen LogP contribution >= 0.6 is 0 Å². The Morgan fingerprint density at radius 2 is 1.67 bits per heavy atom. The van der Waals surface area contributed by atoms with E-state index in [4.69, 9.17) is 14.6 Å². The van der Waals surface area contributed by atoms with Crippen molar-refractivity contribution in [2.45, 2.75) is 24.2 Å². The minimum Gasteiger partial charge on any atom is -0.493 e. The Morgan fingerprint density at radius 1 is 1.04 bits per heavy atom. The van der Waals surface area contributed by atoms with E-state index < -0.39 is 16.0 Å². The third-order valence-electron chi connectivity index (χ3n) is 4.37. The Labute approximate surface area is 158 Å². The van der Waals surface area contributed by atoms with Crippen LogP contribution in [0.15, 0.2) is 23.1 Å². The molecule has 0 atom stereocenters. The number of sulfonamides is 1. The van der Waals surface area contributed by atoms with Gasteiger partial charge in [0.15, 0.2) is 11.5 Å². The van der Waals surface area contributed by atoms with Crippen molar-refractivity contribution in [3.63, 3.8) is 0 Å². The number of carbonyl (C=O) groups is 2. The molecule has 0 unspecified atom stereocenters. The van der Waals surface area contributed by atoms with Crippen molar-refractivity contribution >= 4 is 21.9 Å². The summed E-state index contributed by atoms with van der Waals surface area (Å²) in [6.07, 6.45) is 0.367. The fourth-order valence-electron chi connectivity index (χ4n) is 2.85. The second-order valence-electron chi connectivity index (χ2n) is 6.05. The third kappa shape index (κ3) is 5.10. The van der Waals surface area contributed by atoms with E-state index in [-0.39, 0.29) is 56.2 Å². The zero-order valence-corrected chi connectivity index (χ0v) is 16.2. The quantitative estimate of drug-likeness (QED) is 0.686. The van der Waals surface area contributed by atoms with Gasteiger partial charge in [-0.2, -0.15) is 4.31 Å². The lowest BCUT2D eigenvalue weighted by Gasteiger charge is -2.34. The number of aliphatic carboxylic acids is 1. The van der Waals surface area contributed by atoms with E-state index >= 15 is 0 Å². The largest absolute Gasteiger partial charge is 0.493 e. The lowest BCUT2D eigenvalue weighted by molar-refractivity contribution is -0.137. The summed E-state index contributed by atoms with van der Waals surface area (Å²) in [7, 11) is -0.810. The van der Waals surface area contributed by atoms with E-state index in [1.165, 1.54) is 36.7 Å². The molecule has 1 amide bonds. The number of piperazine rings is 1. The Bertz CT molecular complexity index is 786. The molecule has 10 heteroatoms. The van der Waals surface area contributed by atoms with Crippen LogP contribution in [0.1, 0.15) is 19.3 Å². The number of carboxylic acid groups (broad SMARTS) is 1. The Morgan fingerprint density at radius 3 is 2.22 bits per heavy atom. The lowest BCUT2D eigenvalue weighted by Crippen LogP contribution is -2.50. The van der Waals surface area contributed by atoms with Gasteiger partial charge >= 0.3 is 5.97 Å². The monoisotopic (exact) mass is 400 g/mol. The highest BCUT2D eigenvalue weighted by molar-refractivity contribution is 7.89. The molecule has 1 saturated heterocycles. The van der Waals surface area contributed by atoms with E-state index in [2.05, 4.69) is 0 Å². The van der Waals surface area contributed by atoms with Gasteiger partial charge in [-0.3, -0.25) is 9.59 Å². The minimum atomic E-state index is -3.71. The standard InChI is InChI=1S/C17H24N2O7S/c1-25-14-7-6-13(12-15(14)26-2)27(23,24)19-10-8-18(9-11-19)16(20)4-3-5-17(21)22/h6-7,12H,3-5,8-11H2,1-2H3,(H,21,22). The van der Waals surface area contributed by atoms with E-state index in [9.17, 15) is 18.0 Å². The fourth-order valence-corrected chi connectivity index (χ4v) is 4.29. The first-order valence-electron chi connectivity index (χ1n) is 8.51. The summed E-state index contributed by atoms with van der Waals surface area (Å²) in [5.74, 6) is -0.327. The Balaban J connectivity index is 2.00.